The molecule has 0 saturated carbocycles. The molecule has 3 atom stereocenters. The Balaban J connectivity index is 1.19. The number of anilines is 2. The average molecular weight is 704 g/mol. The molecular weight excluding hydrogens is 670 g/mol. The molecule has 2 amide bonds. The van der Waals surface area contributed by atoms with Crippen LogP contribution in [0.4, 0.5) is 15.8 Å². The van der Waals surface area contributed by atoms with Crippen LogP contribution in [-0.4, -0.2) is 85.5 Å². The Hall–Kier alpha value is -3.42. The number of hydrogen-bond donors (Lipinski definition) is 1. The standard InChI is InChI=1S/C33H33Cl2FN4O6S/c1-44-22-13-38(14-22)21-8-26(34)30(27(35)9-21)33(42)39-12-18-4-3-5-23(31(18)46-17-39)24-11-29(40-19-6-7-20(40)16-45-15-19)25(10-28(24)36)32(41)37-47(2)43/h3-5,8-11,19-20,22H,6-7,12-17H2,1-2H3,(H,37,41). The smallest absolute Gasteiger partial charge is 0.265 e. The van der Waals surface area contributed by atoms with Crippen molar-refractivity contribution in [3.05, 3.63) is 75.0 Å². The fourth-order valence-corrected chi connectivity index (χ4v) is 7.90. The van der Waals surface area contributed by atoms with Crippen LogP contribution in [0, 0.1) is 5.82 Å². The zero-order valence-corrected chi connectivity index (χ0v) is 28.1. The minimum absolute atomic E-state index is 0.0344. The molecule has 47 heavy (non-hydrogen) atoms. The molecule has 14 heteroatoms. The van der Waals surface area contributed by atoms with E-state index in [0.717, 1.165) is 18.5 Å². The first-order chi connectivity index (χ1) is 22.6. The highest BCUT2D eigenvalue weighted by atomic mass is 35.5. The number of carbonyl (C=O) groups is 2. The molecular formula is C33H33Cl2FN4O6S. The second-order valence-corrected chi connectivity index (χ2v) is 14.1. The number of fused-ring (bicyclic) bond motifs is 3. The molecule has 4 aliphatic rings. The van der Waals surface area contributed by atoms with E-state index in [-0.39, 0.29) is 64.1 Å². The normalized spacial score (nSPS) is 21.2. The summed E-state index contributed by atoms with van der Waals surface area (Å²) >= 11 is 13.2. The minimum atomic E-state index is -1.63. The zero-order valence-electron chi connectivity index (χ0n) is 25.8. The number of carbonyl (C=O) groups excluding carboxylic acids is 2. The largest absolute Gasteiger partial charge is 0.472 e. The van der Waals surface area contributed by atoms with Gasteiger partial charge in [0.1, 0.15) is 22.6 Å². The lowest BCUT2D eigenvalue weighted by molar-refractivity contribution is 0.0516. The Morgan fingerprint density at radius 1 is 1.04 bits per heavy atom. The molecule has 1 N–H and O–H groups in total. The fraction of sp³-hybridized carbons (Fsp3) is 0.394. The molecule has 0 radical (unpaired) electrons. The van der Waals surface area contributed by atoms with Crippen LogP contribution in [0.3, 0.4) is 0 Å². The van der Waals surface area contributed by atoms with Crippen molar-refractivity contribution >= 4 is 57.4 Å². The van der Waals surface area contributed by atoms with Gasteiger partial charge < -0.3 is 28.9 Å². The SMILES string of the molecule is COC1CN(c2cc(Cl)c(C(=O)N3COc4c(cccc4-c4cc(N5C6CCC5COC6)c(C(=O)NS(C)=O)cc4F)C3)c(Cl)c2)C1. The van der Waals surface area contributed by atoms with Gasteiger partial charge in [0.15, 0.2) is 6.73 Å². The summed E-state index contributed by atoms with van der Waals surface area (Å²) in [5, 5.41) is 0.473. The van der Waals surface area contributed by atoms with Crippen LogP contribution in [0.2, 0.25) is 10.0 Å². The molecule has 0 aliphatic carbocycles. The molecule has 3 aromatic rings. The van der Waals surface area contributed by atoms with Crippen molar-refractivity contribution in [3.63, 3.8) is 0 Å². The van der Waals surface area contributed by atoms with Crippen molar-refractivity contribution in [2.24, 2.45) is 0 Å². The maximum atomic E-state index is 16.0. The van der Waals surface area contributed by atoms with Gasteiger partial charge in [-0.2, -0.15) is 0 Å². The second kappa shape index (κ2) is 12.9. The topological polar surface area (TPSA) is 101 Å². The van der Waals surface area contributed by atoms with E-state index in [1.54, 1.807) is 37.4 Å². The van der Waals surface area contributed by atoms with Gasteiger partial charge in [0.25, 0.3) is 11.8 Å². The number of nitrogens with zero attached hydrogens (tertiary/aromatic N) is 3. The maximum Gasteiger partial charge on any atom is 0.265 e. The van der Waals surface area contributed by atoms with E-state index in [1.807, 2.05) is 6.07 Å². The van der Waals surface area contributed by atoms with Gasteiger partial charge in [-0.15, -0.1) is 0 Å². The third kappa shape index (κ3) is 5.95. The van der Waals surface area contributed by atoms with Crippen molar-refractivity contribution < 1.29 is 32.4 Å². The summed E-state index contributed by atoms with van der Waals surface area (Å²) in [6, 6.07) is 11.7. The van der Waals surface area contributed by atoms with Gasteiger partial charge >= 0.3 is 0 Å². The number of methoxy groups -OCH3 is 1. The molecule has 7 rings (SSSR count). The summed E-state index contributed by atoms with van der Waals surface area (Å²) in [5.74, 6) is -1.20. The van der Waals surface area contributed by atoms with Crippen LogP contribution >= 0.6 is 23.2 Å². The quantitative estimate of drug-likeness (QED) is 0.367. The number of amides is 2. The third-order valence-electron chi connectivity index (χ3n) is 9.27. The Bertz CT molecular complexity index is 1750. The van der Waals surface area contributed by atoms with Gasteiger partial charge in [-0.1, -0.05) is 41.4 Å². The number of ether oxygens (including phenoxy) is 3. The number of hydrogen-bond acceptors (Lipinski definition) is 8. The third-order valence-corrected chi connectivity index (χ3v) is 10.3. The van der Waals surface area contributed by atoms with Crippen molar-refractivity contribution in [3.8, 4) is 16.9 Å². The lowest BCUT2D eigenvalue weighted by Gasteiger charge is -2.40. The van der Waals surface area contributed by atoms with Crippen LogP contribution in [-0.2, 0) is 27.0 Å². The summed E-state index contributed by atoms with van der Waals surface area (Å²) in [6.07, 6.45) is 3.26. The number of para-hydroxylation sites is 1. The maximum absolute atomic E-state index is 16.0. The number of morpholine rings is 1. The lowest BCUT2D eigenvalue weighted by Crippen LogP contribution is -2.51. The van der Waals surface area contributed by atoms with E-state index in [2.05, 4.69) is 14.5 Å². The van der Waals surface area contributed by atoms with E-state index in [9.17, 15) is 13.8 Å². The highest BCUT2D eigenvalue weighted by molar-refractivity contribution is 7.82. The number of benzene rings is 3. The van der Waals surface area contributed by atoms with E-state index in [0.29, 0.717) is 48.9 Å². The Morgan fingerprint density at radius 3 is 2.40 bits per heavy atom. The van der Waals surface area contributed by atoms with Gasteiger partial charge in [-0.25, -0.2) is 8.60 Å². The highest BCUT2D eigenvalue weighted by Gasteiger charge is 2.40. The monoisotopic (exact) mass is 702 g/mol. The van der Waals surface area contributed by atoms with Gasteiger partial charge in [-0.3, -0.25) is 14.3 Å². The Labute approximate surface area is 284 Å². The molecule has 3 unspecified atom stereocenters. The van der Waals surface area contributed by atoms with Crippen molar-refractivity contribution in [2.45, 2.75) is 37.6 Å². The molecule has 3 fully saturated rings. The highest BCUT2D eigenvalue weighted by Crippen LogP contribution is 2.43. The molecule has 0 spiro atoms. The molecule has 4 heterocycles. The van der Waals surface area contributed by atoms with Crippen LogP contribution in [0.25, 0.3) is 11.1 Å². The predicted octanol–water partition coefficient (Wildman–Crippen LogP) is 5.02. The van der Waals surface area contributed by atoms with Crippen LogP contribution in [0.15, 0.2) is 42.5 Å². The summed E-state index contributed by atoms with van der Waals surface area (Å²) in [4.78, 5) is 32.5. The van der Waals surface area contributed by atoms with Crippen molar-refractivity contribution in [1.82, 2.24) is 9.62 Å². The van der Waals surface area contributed by atoms with Gasteiger partial charge in [0, 0.05) is 48.8 Å². The fourth-order valence-electron chi connectivity index (χ4n) is 6.89. The molecule has 2 bridgehead atoms. The molecule has 3 aromatic carbocycles. The molecule has 248 valence electrons. The first kappa shape index (κ1) is 32.1. The summed E-state index contributed by atoms with van der Waals surface area (Å²) in [6.45, 7) is 2.50. The predicted molar refractivity (Wildman–Crippen MR) is 178 cm³/mol. The van der Waals surface area contributed by atoms with Gasteiger partial charge in [-0.05, 0) is 37.1 Å². The first-order valence-electron chi connectivity index (χ1n) is 15.3. The van der Waals surface area contributed by atoms with E-state index in [1.165, 1.54) is 17.2 Å². The summed E-state index contributed by atoms with van der Waals surface area (Å²) in [7, 11) is 0.0405. The molecule has 4 aliphatic heterocycles. The average Bonchev–Trinajstić information content (AvgIpc) is 3.26. The van der Waals surface area contributed by atoms with E-state index in [4.69, 9.17) is 37.4 Å². The van der Waals surface area contributed by atoms with E-state index < -0.39 is 22.7 Å². The second-order valence-electron chi connectivity index (χ2n) is 12.2. The minimum Gasteiger partial charge on any atom is -0.472 e. The van der Waals surface area contributed by atoms with Crippen LogP contribution in [0.1, 0.15) is 39.1 Å². The molecule has 0 aromatic heterocycles. The number of nitrogens with one attached hydrogen (secondary N) is 1. The van der Waals surface area contributed by atoms with Crippen molar-refractivity contribution in [1.29, 1.82) is 0 Å². The lowest BCUT2D eigenvalue weighted by atomic mass is 9.96. The first-order valence-corrected chi connectivity index (χ1v) is 17.6. The van der Waals surface area contributed by atoms with Crippen molar-refractivity contribution in [2.75, 3.05) is 56.2 Å². The Morgan fingerprint density at radius 2 is 1.74 bits per heavy atom. The van der Waals surface area contributed by atoms with Crippen LogP contribution in [0.5, 0.6) is 5.75 Å². The summed E-state index contributed by atoms with van der Waals surface area (Å²) in [5.41, 5.74) is 3.07. The number of halogens is 3. The molecule has 10 nitrogen and oxygen atoms in total. The Kier molecular flexibility index (Phi) is 8.81. The van der Waals surface area contributed by atoms with Gasteiger partial charge in [0.05, 0.1) is 64.8 Å². The van der Waals surface area contributed by atoms with E-state index >= 15 is 4.39 Å². The van der Waals surface area contributed by atoms with Gasteiger partial charge in [0.2, 0.25) is 0 Å². The molecule has 3 saturated heterocycles. The van der Waals surface area contributed by atoms with Crippen LogP contribution < -0.4 is 19.3 Å². The zero-order chi connectivity index (χ0) is 33.0. The number of rotatable bonds is 7. The summed E-state index contributed by atoms with van der Waals surface area (Å²) < 4.78 is 47.5.